The van der Waals surface area contributed by atoms with Gasteiger partial charge in [0.25, 0.3) is 0 Å². The summed E-state index contributed by atoms with van der Waals surface area (Å²) in [4.78, 5) is 0. The van der Waals surface area contributed by atoms with Crippen molar-refractivity contribution in [2.75, 3.05) is 13.2 Å². The van der Waals surface area contributed by atoms with Crippen molar-refractivity contribution in [1.82, 2.24) is 0 Å². The van der Waals surface area contributed by atoms with Crippen LogP contribution in [0.5, 0.6) is 11.5 Å². The van der Waals surface area contributed by atoms with E-state index in [-0.39, 0.29) is 11.7 Å². The minimum absolute atomic E-state index is 0.251. The van der Waals surface area contributed by atoms with E-state index in [0.717, 1.165) is 17.9 Å². The molecule has 0 radical (unpaired) electrons. The summed E-state index contributed by atoms with van der Waals surface area (Å²) in [7, 11) is 0. The molecule has 0 aliphatic carbocycles. The zero-order valence-electron chi connectivity index (χ0n) is 21.3. The third kappa shape index (κ3) is 8.16. The molecular weight excluding hydrogens is 396 g/mol. The molecule has 0 spiro atoms. The largest absolute Gasteiger partial charge is 0.491 e. The summed E-state index contributed by atoms with van der Waals surface area (Å²) < 4.78 is 17.5. The van der Waals surface area contributed by atoms with Gasteiger partial charge in [0.05, 0.1) is 6.61 Å². The molecule has 0 heterocycles. The molecule has 0 aliphatic rings. The maximum atomic E-state index is 5.92. The van der Waals surface area contributed by atoms with Crippen molar-refractivity contribution in [3.8, 4) is 11.5 Å². The van der Waals surface area contributed by atoms with Crippen molar-refractivity contribution in [2.45, 2.75) is 92.3 Å². The summed E-state index contributed by atoms with van der Waals surface area (Å²) in [6.07, 6.45) is 4.44. The predicted molar refractivity (Wildman–Crippen MR) is 135 cm³/mol. The first-order valence-corrected chi connectivity index (χ1v) is 12.4. The van der Waals surface area contributed by atoms with E-state index >= 15 is 0 Å². The Bertz CT molecular complexity index is 758. The van der Waals surface area contributed by atoms with E-state index in [4.69, 9.17) is 14.2 Å². The molecule has 3 unspecified atom stereocenters. The number of ether oxygens (including phenoxy) is 3. The zero-order chi connectivity index (χ0) is 23.6. The summed E-state index contributed by atoms with van der Waals surface area (Å²) in [5.74, 6) is 2.90. The van der Waals surface area contributed by atoms with E-state index in [9.17, 15) is 0 Å². The van der Waals surface area contributed by atoms with Gasteiger partial charge in [0.1, 0.15) is 18.1 Å². The molecule has 0 saturated carbocycles. The molecule has 0 aromatic heterocycles. The Morgan fingerprint density at radius 2 is 1.34 bits per heavy atom. The van der Waals surface area contributed by atoms with Gasteiger partial charge in [-0.05, 0) is 78.8 Å². The maximum absolute atomic E-state index is 5.92. The van der Waals surface area contributed by atoms with Gasteiger partial charge in [-0.15, -0.1) is 0 Å². The van der Waals surface area contributed by atoms with Crippen molar-refractivity contribution in [3.05, 3.63) is 59.7 Å². The van der Waals surface area contributed by atoms with Gasteiger partial charge in [-0.25, -0.2) is 0 Å². The van der Waals surface area contributed by atoms with Gasteiger partial charge in [-0.1, -0.05) is 72.2 Å². The normalized spacial score (nSPS) is 14.6. The Morgan fingerprint density at radius 3 is 1.88 bits per heavy atom. The smallest absolute Gasteiger partial charge is 0.197 e. The zero-order valence-corrected chi connectivity index (χ0v) is 21.3. The lowest BCUT2D eigenvalue weighted by Crippen LogP contribution is -2.20. The van der Waals surface area contributed by atoms with Crippen LogP contribution in [-0.2, 0) is 4.74 Å². The standard InChI is InChI=1S/C29H44O3/c1-8-11-23(9-2)24-12-16-26(17-13-24)31-21-20-30-22(4)32-27-18-14-25(15-19-27)28(10-3)29(5,6)7/h12-19,22-23,28H,8-11,20-21H2,1-7H3. The first-order chi connectivity index (χ1) is 15.3. The number of rotatable bonds is 13. The molecule has 2 rings (SSSR count). The lowest BCUT2D eigenvalue weighted by Gasteiger charge is -2.30. The van der Waals surface area contributed by atoms with Crippen LogP contribution in [0.3, 0.4) is 0 Å². The van der Waals surface area contributed by atoms with Crippen LogP contribution in [0.2, 0.25) is 0 Å². The van der Waals surface area contributed by atoms with Crippen LogP contribution < -0.4 is 9.47 Å². The molecule has 0 fully saturated rings. The molecule has 178 valence electrons. The molecular formula is C29H44O3. The van der Waals surface area contributed by atoms with E-state index in [0.29, 0.717) is 25.0 Å². The van der Waals surface area contributed by atoms with Crippen LogP contribution in [-0.4, -0.2) is 19.5 Å². The quantitative estimate of drug-likeness (QED) is 0.231. The molecule has 0 bridgehead atoms. The maximum Gasteiger partial charge on any atom is 0.197 e. The summed E-state index contributed by atoms with van der Waals surface area (Å²) in [6.45, 7) is 16.6. The van der Waals surface area contributed by atoms with Crippen LogP contribution in [0.1, 0.15) is 97.1 Å². The SMILES string of the molecule is CCCC(CC)c1ccc(OCCOC(C)Oc2ccc(C(CC)C(C)(C)C)cc2)cc1. The second kappa shape index (κ2) is 12.9. The molecule has 0 N–H and O–H groups in total. The monoisotopic (exact) mass is 440 g/mol. The van der Waals surface area contributed by atoms with E-state index in [2.05, 4.69) is 77.9 Å². The van der Waals surface area contributed by atoms with Crippen LogP contribution >= 0.6 is 0 Å². The Balaban J connectivity index is 1.75. The molecule has 2 aromatic carbocycles. The second-order valence-electron chi connectivity index (χ2n) is 9.76. The number of hydrogen-bond donors (Lipinski definition) is 0. The van der Waals surface area contributed by atoms with E-state index < -0.39 is 0 Å². The molecule has 0 saturated heterocycles. The van der Waals surface area contributed by atoms with E-state index in [1.807, 2.05) is 19.1 Å². The van der Waals surface area contributed by atoms with Crippen LogP contribution in [0.25, 0.3) is 0 Å². The van der Waals surface area contributed by atoms with Crippen LogP contribution in [0.4, 0.5) is 0 Å². The lowest BCUT2D eigenvalue weighted by molar-refractivity contribution is -0.0739. The third-order valence-electron chi connectivity index (χ3n) is 6.22. The molecule has 0 amide bonds. The topological polar surface area (TPSA) is 27.7 Å². The Hall–Kier alpha value is -2.00. The van der Waals surface area contributed by atoms with E-state index in [1.54, 1.807) is 0 Å². The minimum Gasteiger partial charge on any atom is -0.491 e. The fourth-order valence-electron chi connectivity index (χ4n) is 4.52. The summed E-state index contributed by atoms with van der Waals surface area (Å²) >= 11 is 0. The van der Waals surface area contributed by atoms with Crippen molar-refractivity contribution in [3.63, 3.8) is 0 Å². The van der Waals surface area contributed by atoms with Crippen LogP contribution in [0.15, 0.2) is 48.5 Å². The first kappa shape index (κ1) is 26.3. The molecule has 3 atom stereocenters. The van der Waals surface area contributed by atoms with Gasteiger partial charge in [-0.2, -0.15) is 0 Å². The van der Waals surface area contributed by atoms with Crippen molar-refractivity contribution >= 4 is 0 Å². The van der Waals surface area contributed by atoms with Gasteiger partial charge in [0.2, 0.25) is 0 Å². The van der Waals surface area contributed by atoms with Crippen molar-refractivity contribution < 1.29 is 14.2 Å². The summed E-state index contributed by atoms with van der Waals surface area (Å²) in [6, 6.07) is 17.0. The molecule has 3 heteroatoms. The Kier molecular flexibility index (Phi) is 10.6. The summed E-state index contributed by atoms with van der Waals surface area (Å²) in [5, 5.41) is 0. The van der Waals surface area contributed by atoms with Crippen molar-refractivity contribution in [1.29, 1.82) is 0 Å². The van der Waals surface area contributed by atoms with Gasteiger partial charge >= 0.3 is 0 Å². The highest BCUT2D eigenvalue weighted by Crippen LogP contribution is 2.38. The lowest BCUT2D eigenvalue weighted by atomic mass is 9.75. The molecule has 3 nitrogen and oxygen atoms in total. The van der Waals surface area contributed by atoms with Gasteiger partial charge < -0.3 is 14.2 Å². The highest BCUT2D eigenvalue weighted by atomic mass is 16.7. The average molecular weight is 441 g/mol. The molecule has 0 aliphatic heterocycles. The minimum atomic E-state index is -0.323. The van der Waals surface area contributed by atoms with Gasteiger partial charge in [0.15, 0.2) is 6.29 Å². The third-order valence-corrected chi connectivity index (χ3v) is 6.22. The average Bonchev–Trinajstić information content (AvgIpc) is 2.76. The van der Waals surface area contributed by atoms with Crippen LogP contribution in [0, 0.1) is 5.41 Å². The highest BCUT2D eigenvalue weighted by Gasteiger charge is 2.24. The first-order valence-electron chi connectivity index (χ1n) is 12.4. The molecule has 32 heavy (non-hydrogen) atoms. The number of benzene rings is 2. The second-order valence-corrected chi connectivity index (χ2v) is 9.76. The van der Waals surface area contributed by atoms with Gasteiger partial charge in [0, 0.05) is 0 Å². The highest BCUT2D eigenvalue weighted by molar-refractivity contribution is 5.31. The fraction of sp³-hybridized carbons (Fsp3) is 0.586. The summed E-state index contributed by atoms with van der Waals surface area (Å²) in [5.41, 5.74) is 3.01. The fourth-order valence-corrected chi connectivity index (χ4v) is 4.52. The van der Waals surface area contributed by atoms with Gasteiger partial charge in [-0.3, -0.25) is 0 Å². The number of hydrogen-bond acceptors (Lipinski definition) is 3. The van der Waals surface area contributed by atoms with E-state index in [1.165, 1.54) is 30.4 Å². The predicted octanol–water partition coefficient (Wildman–Crippen LogP) is 8.34. The van der Waals surface area contributed by atoms with Crippen molar-refractivity contribution in [2.24, 2.45) is 5.41 Å². The Labute approximate surface area is 196 Å². The molecule has 2 aromatic rings. The Morgan fingerprint density at radius 1 is 0.750 bits per heavy atom.